The van der Waals surface area contributed by atoms with Crippen molar-refractivity contribution < 1.29 is 4.74 Å². The fourth-order valence-corrected chi connectivity index (χ4v) is 1.42. The van der Waals surface area contributed by atoms with Gasteiger partial charge in [0.1, 0.15) is 0 Å². The molecule has 0 saturated heterocycles. The molecule has 2 heteroatoms. The highest BCUT2D eigenvalue weighted by Crippen LogP contribution is 2.15. The maximum absolute atomic E-state index is 5.14. The molecule has 0 amide bonds. The number of methoxy groups -OCH3 is 1. The SMILES string of the molecule is CCC(COC)Nc1ccccc1C. The van der Waals surface area contributed by atoms with E-state index in [2.05, 4.69) is 43.4 Å². The van der Waals surface area contributed by atoms with Crippen LogP contribution in [0.3, 0.4) is 0 Å². The van der Waals surface area contributed by atoms with Crippen LogP contribution in [0, 0.1) is 6.92 Å². The van der Waals surface area contributed by atoms with Crippen LogP contribution in [0.2, 0.25) is 0 Å². The summed E-state index contributed by atoms with van der Waals surface area (Å²) < 4.78 is 5.14. The first-order valence-electron chi connectivity index (χ1n) is 5.09. The van der Waals surface area contributed by atoms with E-state index >= 15 is 0 Å². The lowest BCUT2D eigenvalue weighted by molar-refractivity contribution is 0.184. The molecule has 1 N–H and O–H groups in total. The number of benzene rings is 1. The van der Waals surface area contributed by atoms with Gasteiger partial charge in [-0.2, -0.15) is 0 Å². The van der Waals surface area contributed by atoms with E-state index in [0.29, 0.717) is 6.04 Å². The zero-order valence-electron chi connectivity index (χ0n) is 9.21. The van der Waals surface area contributed by atoms with Crippen LogP contribution in [0.4, 0.5) is 5.69 Å². The molecule has 1 atom stereocenters. The Morgan fingerprint density at radius 2 is 2.07 bits per heavy atom. The summed E-state index contributed by atoms with van der Waals surface area (Å²) in [4.78, 5) is 0. The highest BCUT2D eigenvalue weighted by molar-refractivity contribution is 5.50. The largest absolute Gasteiger partial charge is 0.383 e. The van der Waals surface area contributed by atoms with Crippen molar-refractivity contribution in [2.45, 2.75) is 26.3 Å². The van der Waals surface area contributed by atoms with Gasteiger partial charge in [-0.1, -0.05) is 25.1 Å². The molecule has 0 aromatic heterocycles. The van der Waals surface area contributed by atoms with Gasteiger partial charge in [0.05, 0.1) is 6.61 Å². The number of aryl methyl sites for hydroxylation is 1. The summed E-state index contributed by atoms with van der Waals surface area (Å²) in [6, 6.07) is 8.73. The molecular weight excluding hydrogens is 174 g/mol. The van der Waals surface area contributed by atoms with E-state index in [9.17, 15) is 0 Å². The van der Waals surface area contributed by atoms with E-state index in [-0.39, 0.29) is 0 Å². The lowest BCUT2D eigenvalue weighted by Gasteiger charge is -2.18. The highest BCUT2D eigenvalue weighted by Gasteiger charge is 2.05. The number of rotatable bonds is 5. The Balaban J connectivity index is 2.62. The van der Waals surface area contributed by atoms with E-state index < -0.39 is 0 Å². The van der Waals surface area contributed by atoms with Gasteiger partial charge in [-0.15, -0.1) is 0 Å². The molecule has 78 valence electrons. The molecule has 0 fully saturated rings. The molecule has 14 heavy (non-hydrogen) atoms. The molecule has 0 aliphatic rings. The van der Waals surface area contributed by atoms with Gasteiger partial charge >= 0.3 is 0 Å². The first-order valence-corrected chi connectivity index (χ1v) is 5.09. The average molecular weight is 193 g/mol. The van der Waals surface area contributed by atoms with Crippen LogP contribution in [0.5, 0.6) is 0 Å². The van der Waals surface area contributed by atoms with Crippen molar-refractivity contribution in [2.75, 3.05) is 19.0 Å². The Morgan fingerprint density at radius 3 is 2.64 bits per heavy atom. The van der Waals surface area contributed by atoms with Crippen molar-refractivity contribution in [1.29, 1.82) is 0 Å². The topological polar surface area (TPSA) is 21.3 Å². The normalized spacial score (nSPS) is 12.5. The van der Waals surface area contributed by atoms with Gasteiger partial charge in [0.25, 0.3) is 0 Å². The molecule has 0 radical (unpaired) electrons. The van der Waals surface area contributed by atoms with Crippen molar-refractivity contribution in [2.24, 2.45) is 0 Å². The summed E-state index contributed by atoms with van der Waals surface area (Å²) >= 11 is 0. The van der Waals surface area contributed by atoms with Gasteiger partial charge in [0.2, 0.25) is 0 Å². The molecule has 0 aliphatic heterocycles. The van der Waals surface area contributed by atoms with Crippen LogP contribution in [0.15, 0.2) is 24.3 Å². The molecule has 0 bridgehead atoms. The predicted molar refractivity (Wildman–Crippen MR) is 60.8 cm³/mol. The van der Waals surface area contributed by atoms with Crippen LogP contribution in [-0.2, 0) is 4.74 Å². The van der Waals surface area contributed by atoms with Crippen LogP contribution >= 0.6 is 0 Å². The van der Waals surface area contributed by atoms with Crippen molar-refractivity contribution in [3.63, 3.8) is 0 Å². The molecule has 0 saturated carbocycles. The molecule has 0 heterocycles. The Morgan fingerprint density at radius 1 is 1.36 bits per heavy atom. The summed E-state index contributed by atoms with van der Waals surface area (Å²) in [6.07, 6.45) is 1.07. The third kappa shape index (κ3) is 3.04. The minimum atomic E-state index is 0.404. The van der Waals surface area contributed by atoms with Crippen LogP contribution in [-0.4, -0.2) is 19.8 Å². The standard InChI is InChI=1S/C12H19NO/c1-4-11(9-14-3)13-12-8-6-5-7-10(12)2/h5-8,11,13H,4,9H2,1-3H3. The Labute approximate surface area is 86.3 Å². The quantitative estimate of drug-likeness (QED) is 0.776. The van der Waals surface area contributed by atoms with Gasteiger partial charge in [-0.25, -0.2) is 0 Å². The summed E-state index contributed by atoms with van der Waals surface area (Å²) in [6.45, 7) is 5.03. The molecule has 1 rings (SSSR count). The van der Waals surface area contributed by atoms with Crippen LogP contribution in [0.1, 0.15) is 18.9 Å². The van der Waals surface area contributed by atoms with Crippen molar-refractivity contribution >= 4 is 5.69 Å². The summed E-state index contributed by atoms with van der Waals surface area (Å²) in [5.41, 5.74) is 2.48. The average Bonchev–Trinajstić information content (AvgIpc) is 2.20. The van der Waals surface area contributed by atoms with E-state index in [4.69, 9.17) is 4.74 Å². The molecular formula is C12H19NO. The lowest BCUT2D eigenvalue weighted by Crippen LogP contribution is -2.24. The number of anilines is 1. The maximum Gasteiger partial charge on any atom is 0.0663 e. The summed E-state index contributed by atoms with van der Waals surface area (Å²) in [5.74, 6) is 0. The fraction of sp³-hybridized carbons (Fsp3) is 0.500. The van der Waals surface area contributed by atoms with Gasteiger partial charge in [-0.3, -0.25) is 0 Å². The molecule has 1 unspecified atom stereocenters. The van der Waals surface area contributed by atoms with Gasteiger partial charge < -0.3 is 10.1 Å². The van der Waals surface area contributed by atoms with Crippen molar-refractivity contribution in [3.8, 4) is 0 Å². The second-order valence-corrected chi connectivity index (χ2v) is 3.52. The molecule has 1 aromatic rings. The second-order valence-electron chi connectivity index (χ2n) is 3.52. The molecule has 0 aliphatic carbocycles. The Hall–Kier alpha value is -1.02. The molecule has 1 aromatic carbocycles. The van der Waals surface area contributed by atoms with Gasteiger partial charge in [-0.05, 0) is 25.0 Å². The Kier molecular flexibility index (Phi) is 4.47. The van der Waals surface area contributed by atoms with Gasteiger partial charge in [0.15, 0.2) is 0 Å². The monoisotopic (exact) mass is 193 g/mol. The molecule has 0 spiro atoms. The number of ether oxygens (including phenoxy) is 1. The third-order valence-corrected chi connectivity index (χ3v) is 2.37. The number of nitrogens with one attached hydrogen (secondary N) is 1. The van der Waals surface area contributed by atoms with Gasteiger partial charge in [0, 0.05) is 18.8 Å². The molecule has 2 nitrogen and oxygen atoms in total. The number of hydrogen-bond donors (Lipinski definition) is 1. The fourth-order valence-electron chi connectivity index (χ4n) is 1.42. The van der Waals surface area contributed by atoms with E-state index in [1.54, 1.807) is 7.11 Å². The first kappa shape index (κ1) is 11.1. The smallest absolute Gasteiger partial charge is 0.0663 e. The zero-order valence-corrected chi connectivity index (χ0v) is 9.21. The lowest BCUT2D eigenvalue weighted by atomic mass is 10.1. The van der Waals surface area contributed by atoms with Crippen molar-refractivity contribution in [1.82, 2.24) is 0 Å². The summed E-state index contributed by atoms with van der Waals surface area (Å²) in [7, 11) is 1.74. The predicted octanol–water partition coefficient (Wildman–Crippen LogP) is 2.83. The third-order valence-electron chi connectivity index (χ3n) is 2.37. The Bertz CT molecular complexity index is 273. The minimum Gasteiger partial charge on any atom is -0.383 e. The van der Waals surface area contributed by atoms with Crippen LogP contribution in [0.25, 0.3) is 0 Å². The van der Waals surface area contributed by atoms with E-state index in [1.165, 1.54) is 11.3 Å². The minimum absolute atomic E-state index is 0.404. The number of hydrogen-bond acceptors (Lipinski definition) is 2. The highest BCUT2D eigenvalue weighted by atomic mass is 16.5. The second kappa shape index (κ2) is 5.66. The summed E-state index contributed by atoms with van der Waals surface area (Å²) in [5, 5.41) is 3.47. The van der Waals surface area contributed by atoms with E-state index in [1.807, 2.05) is 0 Å². The number of para-hydroxylation sites is 1. The van der Waals surface area contributed by atoms with Crippen molar-refractivity contribution in [3.05, 3.63) is 29.8 Å². The van der Waals surface area contributed by atoms with Crippen LogP contribution < -0.4 is 5.32 Å². The van der Waals surface area contributed by atoms with E-state index in [0.717, 1.165) is 13.0 Å². The first-order chi connectivity index (χ1) is 6.77. The zero-order chi connectivity index (χ0) is 10.4. The maximum atomic E-state index is 5.14.